The third kappa shape index (κ3) is 3.24. The van der Waals surface area contributed by atoms with Crippen LogP contribution in [0.1, 0.15) is 40.5 Å². The highest BCUT2D eigenvalue weighted by Gasteiger charge is 2.48. The van der Waals surface area contributed by atoms with Gasteiger partial charge in [0.1, 0.15) is 0 Å². The van der Waals surface area contributed by atoms with E-state index in [2.05, 4.69) is 15.5 Å². The molecule has 1 aromatic heterocycles. The van der Waals surface area contributed by atoms with Crippen molar-refractivity contribution in [2.75, 3.05) is 5.32 Å². The molecule has 0 bridgehead atoms. The molecule has 1 saturated heterocycles. The molecule has 134 valence electrons. The smallest absolute Gasteiger partial charge is 0.313 e. The Labute approximate surface area is 146 Å². The van der Waals surface area contributed by atoms with E-state index in [9.17, 15) is 9.59 Å². The van der Waals surface area contributed by atoms with Gasteiger partial charge in [-0.1, -0.05) is 0 Å². The zero-order valence-electron chi connectivity index (χ0n) is 15.1. The van der Waals surface area contributed by atoms with Crippen molar-refractivity contribution >= 4 is 28.4 Å². The van der Waals surface area contributed by atoms with Gasteiger partial charge in [-0.15, -0.1) is 0 Å². The van der Waals surface area contributed by atoms with Crippen LogP contribution in [-0.2, 0) is 9.59 Å². The summed E-state index contributed by atoms with van der Waals surface area (Å²) in [6.45, 7) is 7.82. The molecule has 1 aromatic carbocycles. The number of carbonyl (C=O) groups excluding carboxylic acids is 2. The van der Waals surface area contributed by atoms with Gasteiger partial charge in [-0.3, -0.25) is 14.7 Å². The molecule has 2 aromatic rings. The lowest BCUT2D eigenvalue weighted by molar-refractivity contribution is -0.156. The number of piperidine rings is 1. The number of H-pyrrole nitrogens is 1. The minimum Gasteiger partial charge on any atom is -0.328 e. The summed E-state index contributed by atoms with van der Waals surface area (Å²) >= 11 is 0. The fourth-order valence-corrected chi connectivity index (χ4v) is 4.21. The summed E-state index contributed by atoms with van der Waals surface area (Å²) in [5.41, 5.74) is 6.53. The Morgan fingerprint density at radius 2 is 1.88 bits per heavy atom. The first-order valence-corrected chi connectivity index (χ1v) is 8.44. The molecule has 0 atom stereocenters. The molecule has 2 heterocycles. The van der Waals surface area contributed by atoms with Crippen LogP contribution in [-0.4, -0.2) is 44.0 Å². The first-order valence-electron chi connectivity index (χ1n) is 8.44. The number of aromatic amines is 1. The van der Waals surface area contributed by atoms with E-state index in [1.807, 2.05) is 33.8 Å². The highest BCUT2D eigenvalue weighted by atomic mass is 16.2. The lowest BCUT2D eigenvalue weighted by Gasteiger charge is -2.54. The third-order valence-electron chi connectivity index (χ3n) is 4.83. The standard InChI is InChI=1S/C18H25N5O2/c1-17(2)8-12(19)9-18(3,4)23(17)16(25)15(24)21-13-6-5-11-10-20-22-14(11)7-13/h5-7,10,12H,8-9,19H2,1-4H3,(H,20,22)(H,21,24). The Morgan fingerprint density at radius 1 is 1.24 bits per heavy atom. The normalized spacial score (nSPS) is 19.8. The zero-order valence-corrected chi connectivity index (χ0v) is 15.1. The van der Waals surface area contributed by atoms with Crippen LogP contribution in [0.4, 0.5) is 5.69 Å². The van der Waals surface area contributed by atoms with Gasteiger partial charge >= 0.3 is 11.8 Å². The summed E-state index contributed by atoms with van der Waals surface area (Å²) < 4.78 is 0. The minimum atomic E-state index is -0.643. The largest absolute Gasteiger partial charge is 0.328 e. The minimum absolute atomic E-state index is 0.0138. The summed E-state index contributed by atoms with van der Waals surface area (Å²) in [5.74, 6) is -1.18. The van der Waals surface area contributed by atoms with E-state index in [-0.39, 0.29) is 6.04 Å². The van der Waals surface area contributed by atoms with Crippen LogP contribution in [0.25, 0.3) is 10.9 Å². The number of rotatable bonds is 1. The molecular weight excluding hydrogens is 318 g/mol. The van der Waals surface area contributed by atoms with Crippen molar-refractivity contribution in [2.45, 2.75) is 57.7 Å². The van der Waals surface area contributed by atoms with Crippen molar-refractivity contribution in [3.05, 3.63) is 24.4 Å². The average Bonchev–Trinajstić information content (AvgIpc) is 2.91. The maximum Gasteiger partial charge on any atom is 0.313 e. The van der Waals surface area contributed by atoms with Crippen molar-refractivity contribution in [2.24, 2.45) is 5.73 Å². The second-order valence-electron chi connectivity index (χ2n) is 8.06. The van der Waals surface area contributed by atoms with E-state index in [0.717, 1.165) is 10.9 Å². The molecule has 0 saturated carbocycles. The number of hydrogen-bond donors (Lipinski definition) is 3. The first-order chi connectivity index (χ1) is 11.6. The Balaban J connectivity index is 1.82. The molecule has 25 heavy (non-hydrogen) atoms. The number of aromatic nitrogens is 2. The number of anilines is 1. The van der Waals surface area contributed by atoms with Gasteiger partial charge in [-0.05, 0) is 58.7 Å². The highest BCUT2D eigenvalue weighted by Crippen LogP contribution is 2.37. The van der Waals surface area contributed by atoms with Gasteiger partial charge in [-0.2, -0.15) is 5.10 Å². The topological polar surface area (TPSA) is 104 Å². The molecule has 0 spiro atoms. The summed E-state index contributed by atoms with van der Waals surface area (Å²) in [6, 6.07) is 5.37. The Morgan fingerprint density at radius 3 is 2.52 bits per heavy atom. The monoisotopic (exact) mass is 343 g/mol. The van der Waals surface area contributed by atoms with Crippen LogP contribution in [0.5, 0.6) is 0 Å². The van der Waals surface area contributed by atoms with E-state index < -0.39 is 22.9 Å². The summed E-state index contributed by atoms with van der Waals surface area (Å²) in [4.78, 5) is 27.2. The molecule has 1 aliphatic heterocycles. The fourth-order valence-electron chi connectivity index (χ4n) is 4.21. The van der Waals surface area contributed by atoms with E-state index in [0.29, 0.717) is 18.5 Å². The quantitative estimate of drug-likeness (QED) is 0.689. The van der Waals surface area contributed by atoms with Crippen molar-refractivity contribution in [3.63, 3.8) is 0 Å². The van der Waals surface area contributed by atoms with Crippen LogP contribution in [0, 0.1) is 0 Å². The van der Waals surface area contributed by atoms with Gasteiger partial charge in [-0.25, -0.2) is 0 Å². The lowest BCUT2D eigenvalue weighted by Crippen LogP contribution is -2.66. The second kappa shape index (κ2) is 5.84. The van der Waals surface area contributed by atoms with Crippen LogP contribution in [0.3, 0.4) is 0 Å². The molecule has 0 radical (unpaired) electrons. The van der Waals surface area contributed by atoms with Gasteiger partial charge in [0.15, 0.2) is 0 Å². The second-order valence-corrected chi connectivity index (χ2v) is 8.06. The number of likely N-dealkylation sites (tertiary alicyclic amines) is 1. The SMILES string of the molecule is CC1(C)CC(N)CC(C)(C)N1C(=O)C(=O)Nc1ccc2cn[nH]c2c1. The summed E-state index contributed by atoms with van der Waals surface area (Å²) in [5, 5.41) is 10.4. The van der Waals surface area contributed by atoms with Crippen molar-refractivity contribution in [1.82, 2.24) is 15.1 Å². The van der Waals surface area contributed by atoms with E-state index in [1.165, 1.54) is 0 Å². The summed E-state index contributed by atoms with van der Waals surface area (Å²) in [7, 11) is 0. The van der Waals surface area contributed by atoms with Crippen LogP contribution in [0.15, 0.2) is 24.4 Å². The first kappa shape index (κ1) is 17.4. The maximum absolute atomic E-state index is 12.9. The number of nitrogens with two attached hydrogens (primary N) is 1. The van der Waals surface area contributed by atoms with Gasteiger partial charge in [0.05, 0.1) is 11.7 Å². The molecule has 7 nitrogen and oxygen atoms in total. The number of nitrogens with one attached hydrogen (secondary N) is 2. The molecule has 3 rings (SSSR count). The fraction of sp³-hybridized carbons (Fsp3) is 0.500. The molecule has 1 fully saturated rings. The van der Waals surface area contributed by atoms with Crippen molar-refractivity contribution < 1.29 is 9.59 Å². The van der Waals surface area contributed by atoms with Gasteiger partial charge in [0, 0.05) is 28.2 Å². The van der Waals surface area contributed by atoms with E-state index >= 15 is 0 Å². The lowest BCUT2D eigenvalue weighted by atomic mass is 9.77. The number of nitrogens with zero attached hydrogens (tertiary/aromatic N) is 2. The molecular formula is C18H25N5O2. The highest BCUT2D eigenvalue weighted by molar-refractivity contribution is 6.40. The van der Waals surface area contributed by atoms with E-state index in [4.69, 9.17) is 5.73 Å². The van der Waals surface area contributed by atoms with Crippen molar-refractivity contribution in [3.8, 4) is 0 Å². The zero-order chi connectivity index (χ0) is 18.4. The predicted molar refractivity (Wildman–Crippen MR) is 96.9 cm³/mol. The van der Waals surface area contributed by atoms with Crippen molar-refractivity contribution in [1.29, 1.82) is 0 Å². The third-order valence-corrected chi connectivity index (χ3v) is 4.83. The number of benzene rings is 1. The van der Waals surface area contributed by atoms with Crippen LogP contribution >= 0.6 is 0 Å². The van der Waals surface area contributed by atoms with Gasteiger partial charge in [0.25, 0.3) is 0 Å². The molecule has 4 N–H and O–H groups in total. The van der Waals surface area contributed by atoms with Gasteiger partial charge < -0.3 is 16.0 Å². The Bertz CT molecular complexity index is 806. The maximum atomic E-state index is 12.9. The van der Waals surface area contributed by atoms with Crippen LogP contribution < -0.4 is 11.1 Å². The Hall–Kier alpha value is -2.41. The molecule has 0 aliphatic carbocycles. The number of amides is 2. The summed E-state index contributed by atoms with van der Waals surface area (Å²) in [6.07, 6.45) is 3.03. The number of fused-ring (bicyclic) bond motifs is 1. The number of carbonyl (C=O) groups is 2. The number of hydrogen-bond acceptors (Lipinski definition) is 4. The van der Waals surface area contributed by atoms with Gasteiger partial charge in [0.2, 0.25) is 0 Å². The van der Waals surface area contributed by atoms with Crippen LogP contribution in [0.2, 0.25) is 0 Å². The molecule has 7 heteroatoms. The molecule has 2 amide bonds. The Kier molecular flexibility index (Phi) is 4.07. The predicted octanol–water partition coefficient (Wildman–Crippen LogP) is 2.01. The molecule has 1 aliphatic rings. The van der Waals surface area contributed by atoms with E-state index in [1.54, 1.807) is 23.2 Å². The average molecular weight is 343 g/mol. The molecule has 0 unspecified atom stereocenters.